The van der Waals surface area contributed by atoms with Crippen molar-refractivity contribution in [3.05, 3.63) is 0 Å². The van der Waals surface area contributed by atoms with E-state index in [1.54, 1.807) is 0 Å². The van der Waals surface area contributed by atoms with Gasteiger partial charge in [-0.1, -0.05) is 45.4 Å². The van der Waals surface area contributed by atoms with Crippen molar-refractivity contribution in [1.29, 1.82) is 0 Å². The Labute approximate surface area is 209 Å². The van der Waals surface area contributed by atoms with E-state index in [1.807, 2.05) is 7.05 Å². The van der Waals surface area contributed by atoms with E-state index < -0.39 is 0 Å². The van der Waals surface area contributed by atoms with Crippen LogP contribution in [-0.4, -0.2) is 96.9 Å². The van der Waals surface area contributed by atoms with Crippen molar-refractivity contribution in [3.63, 3.8) is 0 Å². The molecule has 0 aromatic carbocycles. The molecule has 34 heavy (non-hydrogen) atoms. The van der Waals surface area contributed by atoms with Crippen molar-refractivity contribution in [1.82, 2.24) is 19.6 Å². The first kappa shape index (κ1) is 27.4. The number of amides is 2. The smallest absolute Gasteiger partial charge is 0.225 e. The highest BCUT2D eigenvalue weighted by atomic mass is 16.2. The van der Waals surface area contributed by atoms with Crippen molar-refractivity contribution in [3.8, 4) is 0 Å². The molecule has 6 nitrogen and oxygen atoms in total. The number of nitrogens with zero attached hydrogens (tertiary/aromatic N) is 4. The van der Waals surface area contributed by atoms with Crippen LogP contribution in [-0.2, 0) is 9.59 Å². The summed E-state index contributed by atoms with van der Waals surface area (Å²) in [6.07, 6.45) is 16.0. The molecule has 196 valence electrons. The zero-order valence-electron chi connectivity index (χ0n) is 22.5. The van der Waals surface area contributed by atoms with E-state index >= 15 is 0 Å². The number of likely N-dealkylation sites (tertiary alicyclic amines) is 3. The quantitative estimate of drug-likeness (QED) is 0.415. The van der Waals surface area contributed by atoms with Crippen LogP contribution in [0.15, 0.2) is 0 Å². The van der Waals surface area contributed by atoms with Gasteiger partial charge in [0.2, 0.25) is 11.8 Å². The van der Waals surface area contributed by atoms with Crippen LogP contribution in [0.3, 0.4) is 0 Å². The minimum Gasteiger partial charge on any atom is -0.343 e. The second-order valence-electron chi connectivity index (χ2n) is 11.3. The molecule has 0 unspecified atom stereocenters. The van der Waals surface area contributed by atoms with Crippen LogP contribution in [0.1, 0.15) is 96.8 Å². The summed E-state index contributed by atoms with van der Waals surface area (Å²) in [4.78, 5) is 34.9. The first-order valence-electron chi connectivity index (χ1n) is 14.5. The highest BCUT2D eigenvalue weighted by Gasteiger charge is 2.34. The van der Waals surface area contributed by atoms with Crippen molar-refractivity contribution < 1.29 is 9.59 Å². The number of piperidine rings is 3. The lowest BCUT2D eigenvalue weighted by atomic mass is 9.91. The molecule has 3 heterocycles. The zero-order valence-corrected chi connectivity index (χ0v) is 22.5. The molecule has 0 atom stereocenters. The van der Waals surface area contributed by atoms with E-state index in [0.717, 1.165) is 90.6 Å². The number of carbonyl (C=O) groups excluding carboxylic acids is 2. The Bertz CT molecular complexity index is 604. The zero-order chi connectivity index (χ0) is 24.3. The lowest BCUT2D eigenvalue weighted by Gasteiger charge is -2.43. The third-order valence-corrected chi connectivity index (χ3v) is 8.79. The monoisotopic (exact) mass is 476 g/mol. The molecule has 3 saturated heterocycles. The van der Waals surface area contributed by atoms with Gasteiger partial charge in [0.05, 0.1) is 0 Å². The highest BCUT2D eigenvalue weighted by Crippen LogP contribution is 2.27. The molecule has 0 aliphatic carbocycles. The molecule has 6 heteroatoms. The summed E-state index contributed by atoms with van der Waals surface area (Å²) >= 11 is 0. The fourth-order valence-corrected chi connectivity index (χ4v) is 6.23. The molecule has 0 aromatic rings. The molecular formula is C28H52N4O2. The number of hydrogen-bond donors (Lipinski definition) is 0. The molecule has 0 N–H and O–H groups in total. The molecule has 0 saturated carbocycles. The maximum atomic E-state index is 13.1. The fourth-order valence-electron chi connectivity index (χ4n) is 6.23. The van der Waals surface area contributed by atoms with Crippen LogP contribution in [0, 0.1) is 5.92 Å². The molecule has 0 spiro atoms. The van der Waals surface area contributed by atoms with E-state index in [4.69, 9.17) is 0 Å². The lowest BCUT2D eigenvalue weighted by Crippen LogP contribution is -2.51. The molecule has 0 bridgehead atoms. The van der Waals surface area contributed by atoms with Crippen LogP contribution in [0.5, 0.6) is 0 Å². The number of rotatable bonds is 11. The summed E-state index contributed by atoms with van der Waals surface area (Å²) in [6.45, 7) is 8.35. The molecule has 3 fully saturated rings. The maximum Gasteiger partial charge on any atom is 0.225 e. The van der Waals surface area contributed by atoms with Gasteiger partial charge in [0.25, 0.3) is 0 Å². The molecule has 3 rings (SSSR count). The summed E-state index contributed by atoms with van der Waals surface area (Å²) in [5.41, 5.74) is 0. The Hall–Kier alpha value is -1.14. The van der Waals surface area contributed by atoms with E-state index in [-0.39, 0.29) is 5.92 Å². The van der Waals surface area contributed by atoms with Gasteiger partial charge in [-0.25, -0.2) is 0 Å². The first-order valence-corrected chi connectivity index (χ1v) is 14.5. The largest absolute Gasteiger partial charge is 0.343 e. The van der Waals surface area contributed by atoms with E-state index in [0.29, 0.717) is 23.9 Å². The van der Waals surface area contributed by atoms with Crippen LogP contribution in [0.25, 0.3) is 0 Å². The molecular weight excluding hydrogens is 424 g/mol. The van der Waals surface area contributed by atoms with E-state index in [9.17, 15) is 9.59 Å². The Morgan fingerprint density at radius 1 is 0.765 bits per heavy atom. The van der Waals surface area contributed by atoms with Gasteiger partial charge in [0.1, 0.15) is 0 Å². The molecule has 3 aliphatic rings. The average Bonchev–Trinajstić information content (AvgIpc) is 2.88. The van der Waals surface area contributed by atoms with Gasteiger partial charge in [-0.3, -0.25) is 9.59 Å². The third kappa shape index (κ3) is 8.22. The van der Waals surface area contributed by atoms with E-state index in [2.05, 4.69) is 33.6 Å². The molecule has 2 amide bonds. The van der Waals surface area contributed by atoms with Crippen LogP contribution < -0.4 is 0 Å². The van der Waals surface area contributed by atoms with Crippen LogP contribution in [0.4, 0.5) is 0 Å². The number of unbranched alkanes of at least 4 members (excludes halogenated alkanes) is 6. The lowest BCUT2D eigenvalue weighted by molar-refractivity contribution is -0.139. The second kappa shape index (κ2) is 14.4. The summed E-state index contributed by atoms with van der Waals surface area (Å²) in [5.74, 6) is 0.942. The Balaban J connectivity index is 1.29. The second-order valence-corrected chi connectivity index (χ2v) is 11.3. The number of carbonyl (C=O) groups is 2. The summed E-state index contributed by atoms with van der Waals surface area (Å²) in [5, 5.41) is 0. The topological polar surface area (TPSA) is 47.1 Å². The van der Waals surface area contributed by atoms with Gasteiger partial charge in [0.15, 0.2) is 0 Å². The van der Waals surface area contributed by atoms with Gasteiger partial charge in [-0.2, -0.15) is 0 Å². The van der Waals surface area contributed by atoms with Crippen molar-refractivity contribution >= 4 is 11.8 Å². The summed E-state index contributed by atoms with van der Waals surface area (Å²) in [6, 6.07) is 1.01. The first-order chi connectivity index (χ1) is 16.5. The predicted octanol–water partition coefficient (Wildman–Crippen LogP) is 4.38. The summed E-state index contributed by atoms with van der Waals surface area (Å²) < 4.78 is 0. The van der Waals surface area contributed by atoms with Crippen molar-refractivity contribution in [2.75, 3.05) is 53.4 Å². The maximum absolute atomic E-state index is 13.1. The van der Waals surface area contributed by atoms with Gasteiger partial charge < -0.3 is 19.6 Å². The Kier molecular flexibility index (Phi) is 11.6. The van der Waals surface area contributed by atoms with Crippen molar-refractivity contribution in [2.24, 2.45) is 5.92 Å². The predicted molar refractivity (Wildman–Crippen MR) is 140 cm³/mol. The fraction of sp³-hybridized carbons (Fsp3) is 0.929. The minimum absolute atomic E-state index is 0.199. The van der Waals surface area contributed by atoms with Gasteiger partial charge in [-0.15, -0.1) is 0 Å². The molecule has 0 radical (unpaired) electrons. The third-order valence-electron chi connectivity index (χ3n) is 8.79. The molecule has 3 aliphatic heterocycles. The Morgan fingerprint density at radius 2 is 1.35 bits per heavy atom. The average molecular weight is 477 g/mol. The van der Waals surface area contributed by atoms with Gasteiger partial charge >= 0.3 is 0 Å². The number of hydrogen-bond acceptors (Lipinski definition) is 4. The van der Waals surface area contributed by atoms with Crippen LogP contribution in [0.2, 0.25) is 0 Å². The highest BCUT2D eigenvalue weighted by molar-refractivity contribution is 5.79. The summed E-state index contributed by atoms with van der Waals surface area (Å²) in [7, 11) is 4.20. The minimum atomic E-state index is 0.199. The van der Waals surface area contributed by atoms with Crippen LogP contribution >= 0.6 is 0 Å². The van der Waals surface area contributed by atoms with Gasteiger partial charge in [0, 0.05) is 44.6 Å². The SMILES string of the molecule is CCCCCCCCCC(=O)N1CCC(N2CCC(C(=O)N(C)C3CCN(C)CC3)CC2)CC1. The standard InChI is InChI=1S/C28H52N4O2/c1-4-5-6-7-8-9-10-11-27(33)32-22-16-26(17-23-32)31-20-12-24(13-21-31)28(34)30(3)25-14-18-29(2)19-15-25/h24-26H,4-23H2,1-3H3. The van der Waals surface area contributed by atoms with Crippen molar-refractivity contribution in [2.45, 2.75) is 109 Å². The normalized spacial score (nSPS) is 22.3. The molecule has 0 aromatic heterocycles. The van der Waals surface area contributed by atoms with E-state index in [1.165, 1.54) is 38.5 Å². The Morgan fingerprint density at radius 3 is 1.97 bits per heavy atom. The van der Waals surface area contributed by atoms with Gasteiger partial charge in [-0.05, 0) is 78.2 Å².